The molecule has 0 bridgehead atoms. The van der Waals surface area contributed by atoms with Crippen molar-refractivity contribution in [2.24, 2.45) is 5.92 Å². The van der Waals surface area contributed by atoms with E-state index < -0.39 is 0 Å². The van der Waals surface area contributed by atoms with Crippen LogP contribution < -0.4 is 0 Å². The molecule has 2 rings (SSSR count). The normalized spacial score (nSPS) is 23.9. The topological polar surface area (TPSA) is 0 Å². The lowest BCUT2D eigenvalue weighted by Crippen LogP contribution is -2.26. The maximum absolute atomic E-state index is 2.34. The van der Waals surface area contributed by atoms with Crippen molar-refractivity contribution in [3.63, 3.8) is 0 Å². The van der Waals surface area contributed by atoms with E-state index in [1.165, 1.54) is 16.7 Å². The number of hydrogen-bond acceptors (Lipinski definition) is 0. The van der Waals surface area contributed by atoms with Gasteiger partial charge in [-0.05, 0) is 29.5 Å². The Balaban J connectivity index is 2.68. The molecule has 0 heteroatoms. The van der Waals surface area contributed by atoms with Crippen molar-refractivity contribution in [2.45, 2.75) is 33.1 Å². The molecule has 1 aliphatic rings. The van der Waals surface area contributed by atoms with Gasteiger partial charge in [0.1, 0.15) is 0 Å². The van der Waals surface area contributed by atoms with Crippen LogP contribution in [0.4, 0.5) is 0 Å². The van der Waals surface area contributed by atoms with Crippen molar-refractivity contribution in [3.8, 4) is 0 Å². The van der Waals surface area contributed by atoms with Crippen LogP contribution in [0.5, 0.6) is 0 Å². The molecule has 1 aromatic carbocycles. The van der Waals surface area contributed by atoms with Crippen molar-refractivity contribution in [1.29, 1.82) is 0 Å². The fourth-order valence-corrected chi connectivity index (χ4v) is 2.37. The molecule has 0 aromatic heterocycles. The van der Waals surface area contributed by atoms with Gasteiger partial charge in [0.25, 0.3) is 0 Å². The van der Waals surface area contributed by atoms with Crippen LogP contribution in [0.1, 0.15) is 38.8 Å². The van der Waals surface area contributed by atoms with Crippen LogP contribution in [0.2, 0.25) is 0 Å². The monoisotopic (exact) mass is 212 g/mol. The largest absolute Gasteiger partial charge is 0.0739 e. The molecule has 0 saturated carbocycles. The molecular weight excluding hydrogens is 192 g/mol. The second kappa shape index (κ2) is 3.93. The molecule has 1 unspecified atom stereocenters. The summed E-state index contributed by atoms with van der Waals surface area (Å²) in [6, 6.07) is 8.77. The van der Waals surface area contributed by atoms with Crippen LogP contribution in [-0.4, -0.2) is 0 Å². The molecule has 1 atom stereocenters. The maximum atomic E-state index is 2.34. The van der Waals surface area contributed by atoms with Crippen LogP contribution >= 0.6 is 0 Å². The fraction of sp³-hybridized carbons (Fsp3) is 0.375. The van der Waals surface area contributed by atoms with E-state index in [0.717, 1.165) is 0 Å². The smallest absolute Gasteiger partial charge is 0.0136 e. The molecular formula is C16H20. The Bertz CT molecular complexity index is 449. The molecule has 0 saturated heterocycles. The lowest BCUT2D eigenvalue weighted by atomic mass is 9.71. The van der Waals surface area contributed by atoms with Gasteiger partial charge in [0.2, 0.25) is 0 Å². The zero-order valence-electron chi connectivity index (χ0n) is 10.6. The Morgan fingerprint density at radius 2 is 1.81 bits per heavy atom. The quantitative estimate of drug-likeness (QED) is 0.639. The first-order valence-electron chi connectivity index (χ1n) is 6.01. The second-order valence-corrected chi connectivity index (χ2v) is 5.19. The first kappa shape index (κ1) is 11.2. The summed E-state index contributed by atoms with van der Waals surface area (Å²) < 4.78 is 0. The molecule has 0 spiro atoms. The highest BCUT2D eigenvalue weighted by atomic mass is 14.3. The Hall–Kier alpha value is -1.30. The minimum atomic E-state index is 0.144. The molecule has 1 aromatic rings. The molecule has 0 radical (unpaired) electrons. The van der Waals surface area contributed by atoms with E-state index in [0.29, 0.717) is 5.92 Å². The third-order valence-corrected chi connectivity index (χ3v) is 3.92. The maximum Gasteiger partial charge on any atom is 0.0136 e. The van der Waals surface area contributed by atoms with E-state index in [1.807, 2.05) is 0 Å². The molecule has 1 aliphatic carbocycles. The van der Waals surface area contributed by atoms with Gasteiger partial charge in [-0.15, -0.1) is 0 Å². The lowest BCUT2D eigenvalue weighted by molar-refractivity contribution is 0.420. The van der Waals surface area contributed by atoms with Gasteiger partial charge in [0, 0.05) is 5.41 Å². The number of hydrogen-bond donors (Lipinski definition) is 0. The van der Waals surface area contributed by atoms with Gasteiger partial charge in [0.05, 0.1) is 0 Å². The summed E-state index contributed by atoms with van der Waals surface area (Å²) in [6.07, 6.45) is 6.76. The van der Waals surface area contributed by atoms with E-state index in [4.69, 9.17) is 0 Å². The van der Waals surface area contributed by atoms with Gasteiger partial charge in [-0.25, -0.2) is 0 Å². The van der Waals surface area contributed by atoms with Crippen LogP contribution in [0.15, 0.2) is 42.5 Å². The number of benzene rings is 1. The Kier molecular flexibility index (Phi) is 2.75. The van der Waals surface area contributed by atoms with Crippen molar-refractivity contribution >= 4 is 5.57 Å². The summed E-state index contributed by atoms with van der Waals surface area (Å²) in [4.78, 5) is 0. The van der Waals surface area contributed by atoms with E-state index >= 15 is 0 Å². The Labute approximate surface area is 98.7 Å². The molecule has 0 N–H and O–H groups in total. The highest BCUT2D eigenvalue weighted by Gasteiger charge is 2.30. The summed E-state index contributed by atoms with van der Waals surface area (Å²) >= 11 is 0. The van der Waals surface area contributed by atoms with Crippen molar-refractivity contribution in [3.05, 3.63) is 53.6 Å². The number of fused-ring (bicyclic) bond motifs is 1. The predicted molar refractivity (Wildman–Crippen MR) is 71.4 cm³/mol. The average Bonchev–Trinajstić information content (AvgIpc) is 2.40. The summed E-state index contributed by atoms with van der Waals surface area (Å²) in [5.74, 6) is 0.601. The van der Waals surface area contributed by atoms with Gasteiger partial charge in [-0.1, -0.05) is 63.3 Å². The van der Waals surface area contributed by atoms with Crippen molar-refractivity contribution in [1.82, 2.24) is 0 Å². The van der Waals surface area contributed by atoms with Gasteiger partial charge in [-0.3, -0.25) is 0 Å². The zero-order chi connectivity index (χ0) is 11.8. The first-order valence-corrected chi connectivity index (χ1v) is 6.01. The molecule has 0 fully saturated rings. The van der Waals surface area contributed by atoms with Crippen molar-refractivity contribution in [2.75, 3.05) is 0 Å². The van der Waals surface area contributed by atoms with E-state index in [2.05, 4.69) is 70.2 Å². The third-order valence-electron chi connectivity index (χ3n) is 3.92. The standard InChI is InChI=1S/C16H20/c1-12(2)16(4)11-7-8-13(3)14-9-5-6-10-15(14)16/h5-12H,1-4H3. The Morgan fingerprint density at radius 3 is 2.50 bits per heavy atom. The van der Waals surface area contributed by atoms with Gasteiger partial charge in [-0.2, -0.15) is 0 Å². The summed E-state index contributed by atoms with van der Waals surface area (Å²) in [5, 5.41) is 0. The van der Waals surface area contributed by atoms with Gasteiger partial charge < -0.3 is 0 Å². The highest BCUT2D eigenvalue weighted by Crippen LogP contribution is 2.39. The fourth-order valence-electron chi connectivity index (χ4n) is 2.37. The second-order valence-electron chi connectivity index (χ2n) is 5.19. The average molecular weight is 212 g/mol. The number of rotatable bonds is 1. The van der Waals surface area contributed by atoms with Crippen LogP contribution in [0.25, 0.3) is 5.57 Å². The number of allylic oxidation sites excluding steroid dienone is 4. The summed E-state index contributed by atoms with van der Waals surface area (Å²) in [5.41, 5.74) is 4.35. The van der Waals surface area contributed by atoms with E-state index in [9.17, 15) is 0 Å². The summed E-state index contributed by atoms with van der Waals surface area (Å²) in [7, 11) is 0. The van der Waals surface area contributed by atoms with Crippen molar-refractivity contribution < 1.29 is 0 Å². The minimum Gasteiger partial charge on any atom is -0.0739 e. The van der Waals surface area contributed by atoms with Crippen LogP contribution in [-0.2, 0) is 5.41 Å². The third kappa shape index (κ3) is 1.63. The Morgan fingerprint density at radius 1 is 1.12 bits per heavy atom. The van der Waals surface area contributed by atoms with Crippen LogP contribution in [0, 0.1) is 5.92 Å². The molecule has 0 aliphatic heterocycles. The minimum absolute atomic E-state index is 0.144. The van der Waals surface area contributed by atoms with E-state index in [1.54, 1.807) is 0 Å². The molecule has 84 valence electrons. The molecule has 0 amide bonds. The van der Waals surface area contributed by atoms with Crippen LogP contribution in [0.3, 0.4) is 0 Å². The highest BCUT2D eigenvalue weighted by molar-refractivity contribution is 5.71. The van der Waals surface area contributed by atoms with Gasteiger partial charge in [0.15, 0.2) is 0 Å². The summed E-state index contributed by atoms with van der Waals surface area (Å²) in [6.45, 7) is 9.11. The molecule has 0 heterocycles. The lowest BCUT2D eigenvalue weighted by Gasteiger charge is -2.32. The molecule has 0 nitrogen and oxygen atoms in total. The van der Waals surface area contributed by atoms with E-state index in [-0.39, 0.29) is 5.41 Å². The predicted octanol–water partition coefficient (Wildman–Crippen LogP) is 4.57. The van der Waals surface area contributed by atoms with Gasteiger partial charge >= 0.3 is 0 Å². The first-order chi connectivity index (χ1) is 7.55. The SMILES string of the molecule is CC1=CC=CC(C)(C(C)C)c2ccccc21. The zero-order valence-corrected chi connectivity index (χ0v) is 10.6. The molecule has 16 heavy (non-hydrogen) atoms.